The Labute approximate surface area is 540 Å². The number of ether oxygens (including phenoxy) is 3. The first-order chi connectivity index (χ1) is 44.4. The maximum atomic E-state index is 13.3. The van der Waals surface area contributed by atoms with Crippen molar-refractivity contribution in [1.29, 1.82) is 0 Å². The molecule has 0 radical (unpaired) electrons. The van der Waals surface area contributed by atoms with E-state index in [4.69, 9.17) is 31.4 Å². The molecule has 6 unspecified atom stereocenters. The molecule has 6 aliphatic carbocycles. The summed E-state index contributed by atoms with van der Waals surface area (Å²) in [4.78, 5) is 18.9. The number of hydrogen-bond acceptors (Lipinski definition) is 15. The molecule has 508 valence electrons. The average Bonchev–Trinajstić information content (AvgIpc) is 1.55. The third kappa shape index (κ3) is 11.9. The highest BCUT2D eigenvalue weighted by Gasteiger charge is 2.63. The minimum atomic E-state index is -4.55. The van der Waals surface area contributed by atoms with Crippen LogP contribution in [0.15, 0.2) is 55.0 Å². The van der Waals surface area contributed by atoms with E-state index in [9.17, 15) is 39.5 Å². The van der Waals surface area contributed by atoms with E-state index in [1.165, 1.54) is 44.5 Å². The van der Waals surface area contributed by atoms with Gasteiger partial charge < -0.3 is 31.4 Å². The van der Waals surface area contributed by atoms with E-state index >= 15 is 0 Å². The summed E-state index contributed by atoms with van der Waals surface area (Å²) in [5, 5.41) is 14.0. The molecule has 0 bridgehead atoms. The molecule has 1 spiro atoms. The van der Waals surface area contributed by atoms with Gasteiger partial charge in [-0.15, -0.1) is 0 Å². The number of nitrogen functional groups attached to an aromatic ring is 3. The predicted molar refractivity (Wildman–Crippen MR) is 334 cm³/mol. The van der Waals surface area contributed by atoms with E-state index in [1.807, 2.05) is 59.9 Å². The number of nitrogens with zero attached hydrogens (tertiary/aromatic N) is 12. The van der Waals surface area contributed by atoms with Gasteiger partial charge in [0.2, 0.25) is 0 Å². The zero-order valence-electron chi connectivity index (χ0n) is 54.1. The fourth-order valence-electron chi connectivity index (χ4n) is 17.0. The topological polar surface area (TPSA) is 208 Å². The summed E-state index contributed by atoms with van der Waals surface area (Å²) in [6.45, 7) is 19.8. The second-order valence-corrected chi connectivity index (χ2v) is 29.5. The number of likely N-dealkylation sites (N-methyl/N-ethyl adjacent to an activating group) is 2. The second-order valence-electron chi connectivity index (χ2n) is 29.5. The summed E-state index contributed by atoms with van der Waals surface area (Å²) in [6, 6.07) is 12.3. The Balaban J connectivity index is 0.000000122. The third-order valence-corrected chi connectivity index (χ3v) is 22.6. The molecule has 6 aromatic heterocycles. The van der Waals surface area contributed by atoms with Crippen LogP contribution in [0.4, 0.5) is 57.0 Å². The minimum absolute atomic E-state index is 0.125. The molecule has 4 saturated heterocycles. The van der Waals surface area contributed by atoms with Crippen molar-refractivity contribution in [2.24, 2.45) is 40.9 Å². The van der Waals surface area contributed by atoms with Gasteiger partial charge in [-0.1, -0.05) is 0 Å². The molecule has 12 atom stereocenters. The smallest absolute Gasteiger partial charge is 0.383 e. The number of likely N-dealkylation sites (tertiary alicyclic amines) is 1. The first-order valence-corrected chi connectivity index (χ1v) is 33.1. The quantitative estimate of drug-likeness (QED) is 0.0867. The van der Waals surface area contributed by atoms with Gasteiger partial charge in [0.25, 0.3) is 0 Å². The number of nitrogens with two attached hydrogens (primary N) is 3. The van der Waals surface area contributed by atoms with Crippen molar-refractivity contribution in [3.05, 3.63) is 88.8 Å². The van der Waals surface area contributed by atoms with Crippen LogP contribution in [-0.4, -0.2) is 156 Å². The number of hydrogen-bond donors (Lipinski definition) is 3. The number of anilines is 3. The molecule has 6 N–H and O–H groups in total. The zero-order valence-corrected chi connectivity index (χ0v) is 54.1. The van der Waals surface area contributed by atoms with Gasteiger partial charge in [0, 0.05) is 125 Å². The highest BCUT2D eigenvalue weighted by Crippen LogP contribution is 2.67. The van der Waals surface area contributed by atoms with Gasteiger partial charge in [0.15, 0.2) is 0 Å². The van der Waals surface area contributed by atoms with Crippen molar-refractivity contribution in [3.8, 4) is 33.8 Å². The molecule has 27 heteroatoms. The van der Waals surface area contributed by atoms with E-state index in [-0.39, 0.29) is 18.1 Å². The molecular weight excluding hydrogens is 1230 g/mol. The van der Waals surface area contributed by atoms with E-state index in [0.29, 0.717) is 123 Å². The summed E-state index contributed by atoms with van der Waals surface area (Å²) in [6.07, 6.45) is -2.47. The molecule has 6 saturated carbocycles. The van der Waals surface area contributed by atoms with Crippen LogP contribution in [0.3, 0.4) is 0 Å². The van der Waals surface area contributed by atoms with Crippen LogP contribution in [0.1, 0.15) is 150 Å². The average molecular weight is 1320 g/mol. The van der Waals surface area contributed by atoms with E-state index in [0.717, 1.165) is 101 Å². The van der Waals surface area contributed by atoms with Gasteiger partial charge in [-0.3, -0.25) is 28.7 Å². The van der Waals surface area contributed by atoms with Gasteiger partial charge in [-0.05, 0) is 166 Å². The van der Waals surface area contributed by atoms with Crippen LogP contribution in [0, 0.1) is 40.9 Å². The van der Waals surface area contributed by atoms with E-state index in [2.05, 4.69) is 72.9 Å². The lowest BCUT2D eigenvalue weighted by atomic mass is 9.76. The molecule has 10 fully saturated rings. The van der Waals surface area contributed by atoms with E-state index in [1.54, 1.807) is 0 Å². The standard InChI is InChI=1S/C23H28F3N5O.2C22H28F3N5O/c1-12(2)31-19(6-18(29-31)13-3-17(23(24,25)26)21(27)28-7-13)20-15-4-14(5-16(15)20)30-8-22(9-30)10-32-11-22;2*1-11(2)30-19(20-15-5-13(6-16(15)20)29(3)14-9-31-10-14)7-18(28-30)12-4-17(22(23,24)25)21(26)27-8-12/h3,6-7,12,14-16,20H,4-5,8-11H2,1-2H3,(H2,27,28);2*4,7-8,11,13-16,20H,5-6,9-10H2,1-3H3,(H2,26,27)/t14?,15-,16+,20?;2*13?,15-,16+,20?. The molecule has 0 aromatic carbocycles. The van der Waals surface area contributed by atoms with Crippen LogP contribution in [0.5, 0.6) is 0 Å². The Kier molecular flexibility index (Phi) is 16.4. The summed E-state index contributed by atoms with van der Waals surface area (Å²) in [7, 11) is 4.39. The normalized spacial score (nSPS) is 29.2. The second kappa shape index (κ2) is 23.7. The molecule has 10 heterocycles. The highest BCUT2D eigenvalue weighted by molar-refractivity contribution is 5.65. The highest BCUT2D eigenvalue weighted by atomic mass is 19.4. The Morgan fingerprint density at radius 3 is 0.989 bits per heavy atom. The van der Waals surface area contributed by atoms with Crippen molar-refractivity contribution in [1.82, 2.24) is 59.0 Å². The Morgan fingerprint density at radius 2 is 0.745 bits per heavy atom. The molecule has 16 rings (SSSR count). The predicted octanol–water partition coefficient (Wildman–Crippen LogP) is 11.9. The number of pyridine rings is 3. The van der Waals surface area contributed by atoms with Crippen molar-refractivity contribution in [2.45, 2.75) is 165 Å². The molecule has 10 aliphatic rings. The van der Waals surface area contributed by atoms with Crippen molar-refractivity contribution < 1.29 is 53.7 Å². The summed E-state index contributed by atoms with van der Waals surface area (Å²) >= 11 is 0. The first kappa shape index (κ1) is 64.9. The van der Waals surface area contributed by atoms with Gasteiger partial charge >= 0.3 is 18.5 Å². The summed E-state index contributed by atoms with van der Waals surface area (Å²) in [5.74, 6) is 3.53. The lowest BCUT2D eigenvalue weighted by Crippen LogP contribution is -2.67. The van der Waals surface area contributed by atoms with Gasteiger partial charge in [0.1, 0.15) is 17.5 Å². The minimum Gasteiger partial charge on any atom is -0.383 e. The summed E-state index contributed by atoms with van der Waals surface area (Å²) in [5.41, 5.74) is 20.1. The van der Waals surface area contributed by atoms with Gasteiger partial charge in [-0.25, -0.2) is 15.0 Å². The van der Waals surface area contributed by atoms with Crippen molar-refractivity contribution in [3.63, 3.8) is 0 Å². The van der Waals surface area contributed by atoms with Crippen molar-refractivity contribution >= 4 is 17.5 Å². The molecule has 94 heavy (non-hydrogen) atoms. The fraction of sp³-hybridized carbons (Fsp3) is 0.642. The SMILES string of the molecule is CC(C)n1nc(-c2cnc(N)c(C(F)(F)F)c2)cc1C1[C@H]2CC(N(C)C3COC3)C[C@@H]12.CC(C)n1nc(-c2cnc(N)c(C(F)(F)F)c2)cc1C1[C@H]2CC(N(C)C3COC3)C[C@@H]12.CC(C)n1nc(-c2cnc(N)c(C(F)(F)F)c2)cc1C1[C@H]2CC(N3CC4(COC4)C3)C[C@@H]12. The first-order valence-electron chi connectivity index (χ1n) is 33.1. The van der Waals surface area contributed by atoms with Crippen LogP contribution in [-0.2, 0) is 32.7 Å². The number of fused-ring (bicyclic) bond motifs is 3. The van der Waals surface area contributed by atoms with Crippen LogP contribution < -0.4 is 17.2 Å². The van der Waals surface area contributed by atoms with Gasteiger partial charge in [-0.2, -0.15) is 54.8 Å². The Morgan fingerprint density at radius 1 is 0.447 bits per heavy atom. The monoisotopic (exact) mass is 1320 g/mol. The lowest BCUT2D eigenvalue weighted by molar-refractivity contribution is -0.198. The molecule has 18 nitrogen and oxygen atoms in total. The fourth-order valence-corrected chi connectivity index (χ4v) is 17.0. The molecule has 4 aliphatic heterocycles. The lowest BCUT2D eigenvalue weighted by Gasteiger charge is -2.57. The van der Waals surface area contributed by atoms with Crippen molar-refractivity contribution in [2.75, 3.05) is 84.0 Å². The number of alkyl halides is 9. The molecule has 0 amide bonds. The Bertz CT molecular complexity index is 3590. The molecule has 6 aromatic rings. The number of rotatable bonds is 14. The summed E-state index contributed by atoms with van der Waals surface area (Å²) < 4.78 is 142. The van der Waals surface area contributed by atoms with E-state index < -0.39 is 52.7 Å². The van der Waals surface area contributed by atoms with Crippen LogP contribution in [0.2, 0.25) is 0 Å². The maximum Gasteiger partial charge on any atom is 0.419 e. The number of aromatic nitrogens is 9. The Hall–Kier alpha value is -6.39. The third-order valence-electron chi connectivity index (χ3n) is 22.6. The largest absolute Gasteiger partial charge is 0.419 e. The van der Waals surface area contributed by atoms with Crippen LogP contribution in [0.25, 0.3) is 33.8 Å². The molecular formula is C67H84F9N15O3. The van der Waals surface area contributed by atoms with Gasteiger partial charge in [0.05, 0.1) is 85.5 Å². The number of halogens is 9. The maximum absolute atomic E-state index is 13.3. The van der Waals surface area contributed by atoms with Crippen LogP contribution >= 0.6 is 0 Å². The zero-order chi connectivity index (χ0) is 66.6.